The average molecular weight is 399 g/mol. The molecule has 3 rings (SSSR count). The van der Waals surface area contributed by atoms with Crippen molar-refractivity contribution in [3.8, 4) is 5.75 Å². The van der Waals surface area contributed by atoms with Crippen molar-refractivity contribution in [3.63, 3.8) is 0 Å². The topological polar surface area (TPSA) is 64.3 Å². The fraction of sp³-hybridized carbons (Fsp3) is 0.364. The summed E-state index contributed by atoms with van der Waals surface area (Å²) in [4.78, 5) is 17.5. The molecule has 0 aliphatic heterocycles. The van der Waals surface area contributed by atoms with Gasteiger partial charge in [0.25, 0.3) is 5.56 Å². The summed E-state index contributed by atoms with van der Waals surface area (Å²) >= 11 is 1.39. The van der Waals surface area contributed by atoms with Crippen LogP contribution in [0.5, 0.6) is 5.75 Å². The van der Waals surface area contributed by atoms with Crippen LogP contribution in [0.25, 0.3) is 10.9 Å². The molecule has 1 aromatic heterocycles. The van der Waals surface area contributed by atoms with Crippen molar-refractivity contribution in [1.82, 2.24) is 9.55 Å². The van der Waals surface area contributed by atoms with E-state index in [-0.39, 0.29) is 12.2 Å². The number of hydrogen-bond acceptors (Lipinski definition) is 5. The number of para-hydroxylation sites is 1. The summed E-state index contributed by atoms with van der Waals surface area (Å²) in [5.74, 6) is 1.14. The summed E-state index contributed by atoms with van der Waals surface area (Å²) in [6.07, 6.45) is 1.25. The van der Waals surface area contributed by atoms with Gasteiger partial charge in [0, 0.05) is 12.3 Å². The summed E-state index contributed by atoms with van der Waals surface area (Å²) in [6.45, 7) is 4.94. The van der Waals surface area contributed by atoms with Gasteiger partial charge in [0.1, 0.15) is 12.4 Å². The van der Waals surface area contributed by atoms with Gasteiger partial charge in [0.05, 0.1) is 17.0 Å². The monoisotopic (exact) mass is 398 g/mol. The van der Waals surface area contributed by atoms with Crippen LogP contribution >= 0.6 is 11.8 Å². The predicted molar refractivity (Wildman–Crippen MR) is 114 cm³/mol. The van der Waals surface area contributed by atoms with Crippen molar-refractivity contribution < 1.29 is 9.84 Å². The highest BCUT2D eigenvalue weighted by Gasteiger charge is 2.14. The molecule has 0 spiro atoms. The largest absolute Gasteiger partial charge is 0.491 e. The number of aliphatic hydroxyl groups is 1. The second-order valence-corrected chi connectivity index (χ2v) is 7.80. The van der Waals surface area contributed by atoms with E-state index in [1.807, 2.05) is 55.5 Å². The van der Waals surface area contributed by atoms with Crippen molar-refractivity contribution in [2.45, 2.75) is 44.5 Å². The number of ether oxygens (including phenoxy) is 1. The van der Waals surface area contributed by atoms with Crippen molar-refractivity contribution in [2.24, 2.45) is 0 Å². The molecule has 148 valence electrons. The standard InChI is InChI=1S/C22H26N2O3S/c1-3-4-13-24-21(26)19-7-5-6-8-20(19)23-22(24)28-15-17(25)14-27-18-11-9-16(2)10-12-18/h5-12,17,25H,3-4,13-15H2,1-2H3/t17-/m1/s1. The smallest absolute Gasteiger partial charge is 0.262 e. The third-order valence-corrected chi connectivity index (χ3v) is 5.55. The molecule has 0 bridgehead atoms. The van der Waals surface area contributed by atoms with Crippen LogP contribution < -0.4 is 10.3 Å². The Balaban J connectivity index is 1.69. The molecular weight excluding hydrogens is 372 g/mol. The fourth-order valence-electron chi connectivity index (χ4n) is 2.82. The van der Waals surface area contributed by atoms with Gasteiger partial charge in [-0.15, -0.1) is 0 Å². The molecule has 0 radical (unpaired) electrons. The Morgan fingerprint density at radius 2 is 1.93 bits per heavy atom. The normalized spacial score (nSPS) is 12.2. The second kappa shape index (κ2) is 9.75. The van der Waals surface area contributed by atoms with Gasteiger partial charge in [0.15, 0.2) is 5.16 Å². The third kappa shape index (κ3) is 5.14. The van der Waals surface area contributed by atoms with E-state index in [2.05, 4.69) is 11.9 Å². The number of thioether (sulfide) groups is 1. The van der Waals surface area contributed by atoms with Gasteiger partial charge in [-0.25, -0.2) is 4.98 Å². The van der Waals surface area contributed by atoms with E-state index in [1.54, 1.807) is 4.57 Å². The van der Waals surface area contributed by atoms with Crippen LogP contribution in [0.1, 0.15) is 25.3 Å². The molecule has 0 fully saturated rings. The van der Waals surface area contributed by atoms with Gasteiger partial charge in [0.2, 0.25) is 0 Å². The van der Waals surface area contributed by atoms with Gasteiger partial charge in [-0.1, -0.05) is 54.9 Å². The Labute approximate surface area is 169 Å². The van der Waals surface area contributed by atoms with Crippen molar-refractivity contribution in [2.75, 3.05) is 12.4 Å². The summed E-state index contributed by atoms with van der Waals surface area (Å²) in [6, 6.07) is 15.1. The predicted octanol–water partition coefficient (Wildman–Crippen LogP) is 4.04. The van der Waals surface area contributed by atoms with E-state index in [1.165, 1.54) is 11.8 Å². The number of hydrogen-bond donors (Lipinski definition) is 1. The highest BCUT2D eigenvalue weighted by molar-refractivity contribution is 7.99. The first-order chi connectivity index (χ1) is 13.6. The molecule has 0 aliphatic carbocycles. The molecule has 1 atom stereocenters. The third-order valence-electron chi connectivity index (χ3n) is 4.43. The van der Waals surface area contributed by atoms with E-state index in [9.17, 15) is 9.90 Å². The number of benzene rings is 2. The van der Waals surface area contributed by atoms with Gasteiger partial charge < -0.3 is 9.84 Å². The number of unbranched alkanes of at least 4 members (excludes halogenated alkanes) is 1. The first-order valence-corrected chi connectivity index (χ1v) is 10.6. The van der Waals surface area contributed by atoms with Gasteiger partial charge in [-0.05, 0) is 37.6 Å². The summed E-state index contributed by atoms with van der Waals surface area (Å²) in [7, 11) is 0. The maximum atomic E-state index is 12.9. The number of nitrogens with zero attached hydrogens (tertiary/aromatic N) is 2. The molecule has 0 unspecified atom stereocenters. The molecule has 0 saturated carbocycles. The van der Waals surface area contributed by atoms with Crippen LogP contribution in [0, 0.1) is 6.92 Å². The van der Waals surface area contributed by atoms with Gasteiger partial charge in [-0.2, -0.15) is 0 Å². The highest BCUT2D eigenvalue weighted by atomic mass is 32.2. The Morgan fingerprint density at radius 3 is 2.68 bits per heavy atom. The van der Waals surface area contributed by atoms with E-state index in [0.717, 1.165) is 24.2 Å². The van der Waals surface area contributed by atoms with Crippen molar-refractivity contribution in [3.05, 3.63) is 64.4 Å². The minimum Gasteiger partial charge on any atom is -0.491 e. The Hall–Kier alpha value is -2.31. The molecule has 6 heteroatoms. The number of fused-ring (bicyclic) bond motifs is 1. The average Bonchev–Trinajstić information content (AvgIpc) is 2.71. The van der Waals surface area contributed by atoms with E-state index in [0.29, 0.717) is 28.4 Å². The number of aryl methyl sites for hydroxylation is 1. The summed E-state index contributed by atoms with van der Waals surface area (Å²) in [5, 5.41) is 11.6. The first-order valence-electron chi connectivity index (χ1n) is 9.58. The first kappa shape index (κ1) is 20.4. The molecule has 5 nitrogen and oxygen atoms in total. The highest BCUT2D eigenvalue weighted by Crippen LogP contribution is 2.20. The molecule has 1 heterocycles. The fourth-order valence-corrected chi connectivity index (χ4v) is 3.75. The van der Waals surface area contributed by atoms with Gasteiger partial charge >= 0.3 is 0 Å². The van der Waals surface area contributed by atoms with E-state index in [4.69, 9.17) is 4.74 Å². The molecule has 0 aliphatic rings. The zero-order valence-electron chi connectivity index (χ0n) is 16.3. The number of aliphatic hydroxyl groups excluding tert-OH is 1. The zero-order chi connectivity index (χ0) is 19.9. The van der Waals surface area contributed by atoms with Crippen LogP contribution in [0.2, 0.25) is 0 Å². The van der Waals surface area contributed by atoms with Crippen LogP contribution in [-0.4, -0.2) is 33.1 Å². The van der Waals surface area contributed by atoms with Crippen LogP contribution in [0.3, 0.4) is 0 Å². The Kier molecular flexibility index (Phi) is 7.12. The second-order valence-electron chi connectivity index (χ2n) is 6.81. The Morgan fingerprint density at radius 1 is 1.18 bits per heavy atom. The lowest BCUT2D eigenvalue weighted by Crippen LogP contribution is -2.25. The molecule has 1 N–H and O–H groups in total. The lowest BCUT2D eigenvalue weighted by atomic mass is 10.2. The van der Waals surface area contributed by atoms with E-state index >= 15 is 0 Å². The molecule has 3 aromatic rings. The molecular formula is C22H26N2O3S. The maximum Gasteiger partial charge on any atom is 0.262 e. The molecule has 28 heavy (non-hydrogen) atoms. The molecule has 2 aromatic carbocycles. The van der Waals surface area contributed by atoms with Gasteiger partial charge in [-0.3, -0.25) is 9.36 Å². The summed E-state index contributed by atoms with van der Waals surface area (Å²) in [5.41, 5.74) is 1.83. The van der Waals surface area contributed by atoms with Crippen LogP contribution in [-0.2, 0) is 6.54 Å². The number of aromatic nitrogens is 2. The Bertz CT molecular complexity index is 970. The van der Waals surface area contributed by atoms with Crippen LogP contribution in [0.4, 0.5) is 0 Å². The minimum atomic E-state index is -0.658. The van der Waals surface area contributed by atoms with Crippen molar-refractivity contribution >= 4 is 22.7 Å². The lowest BCUT2D eigenvalue weighted by Gasteiger charge is -2.15. The minimum absolute atomic E-state index is 0.0213. The quantitative estimate of drug-likeness (QED) is 0.435. The maximum absolute atomic E-state index is 12.9. The van der Waals surface area contributed by atoms with E-state index < -0.39 is 6.10 Å². The zero-order valence-corrected chi connectivity index (χ0v) is 17.1. The SMILES string of the molecule is CCCCn1c(SC[C@H](O)COc2ccc(C)cc2)nc2ccccc2c1=O. The van der Waals surface area contributed by atoms with Crippen molar-refractivity contribution in [1.29, 1.82) is 0 Å². The molecule has 0 amide bonds. The molecule has 0 saturated heterocycles. The summed E-state index contributed by atoms with van der Waals surface area (Å²) < 4.78 is 7.37. The van der Waals surface area contributed by atoms with Crippen LogP contribution in [0.15, 0.2) is 58.5 Å². The number of rotatable bonds is 9. The lowest BCUT2D eigenvalue weighted by molar-refractivity contribution is 0.126.